The Morgan fingerprint density at radius 1 is 1.48 bits per heavy atom. The molecular weight excluding hydrogens is 268 g/mol. The van der Waals surface area contributed by atoms with E-state index in [2.05, 4.69) is 29.8 Å². The van der Waals surface area contributed by atoms with E-state index in [1.165, 1.54) is 0 Å². The van der Waals surface area contributed by atoms with Crippen LogP contribution in [0.5, 0.6) is 0 Å². The second-order valence-electron chi connectivity index (χ2n) is 5.66. The smallest absolute Gasteiger partial charge is 0.278 e. The quantitative estimate of drug-likeness (QED) is 0.569. The van der Waals surface area contributed by atoms with Crippen molar-refractivity contribution in [1.29, 1.82) is 5.26 Å². The van der Waals surface area contributed by atoms with Crippen molar-refractivity contribution in [3.05, 3.63) is 33.1 Å². The molecule has 6 nitrogen and oxygen atoms in total. The fraction of sp³-hybridized carbons (Fsp3) is 0.600. The summed E-state index contributed by atoms with van der Waals surface area (Å²) >= 11 is 0. The van der Waals surface area contributed by atoms with Crippen molar-refractivity contribution < 1.29 is 4.92 Å². The lowest BCUT2D eigenvalue weighted by Gasteiger charge is -2.23. The van der Waals surface area contributed by atoms with Crippen molar-refractivity contribution in [2.24, 2.45) is 5.92 Å². The van der Waals surface area contributed by atoms with Gasteiger partial charge in [0.15, 0.2) is 0 Å². The number of aryl methyl sites for hydroxylation is 1. The van der Waals surface area contributed by atoms with E-state index in [9.17, 15) is 10.1 Å². The molecule has 0 bridgehead atoms. The molecule has 1 heterocycles. The fourth-order valence-corrected chi connectivity index (χ4v) is 2.38. The van der Waals surface area contributed by atoms with E-state index >= 15 is 0 Å². The van der Waals surface area contributed by atoms with E-state index in [-0.39, 0.29) is 10.6 Å². The van der Waals surface area contributed by atoms with Crippen LogP contribution in [0.2, 0.25) is 0 Å². The molecule has 0 saturated carbocycles. The first-order valence-corrected chi connectivity index (χ1v) is 7.05. The van der Waals surface area contributed by atoms with E-state index in [4.69, 9.17) is 5.26 Å². The Morgan fingerprint density at radius 3 is 2.67 bits per heavy atom. The summed E-state index contributed by atoms with van der Waals surface area (Å²) in [5.41, 5.74) is 2.05. The lowest BCUT2D eigenvalue weighted by atomic mass is 10.1. The third-order valence-corrected chi connectivity index (χ3v) is 3.29. The molecule has 0 radical (unpaired) electrons. The summed E-state index contributed by atoms with van der Waals surface area (Å²) in [6.07, 6.45) is 2.00. The van der Waals surface area contributed by atoms with Crippen molar-refractivity contribution in [2.75, 3.05) is 13.1 Å². The number of rotatable bonds is 7. The van der Waals surface area contributed by atoms with Crippen LogP contribution in [0.4, 0.5) is 5.69 Å². The predicted molar refractivity (Wildman–Crippen MR) is 80.7 cm³/mol. The van der Waals surface area contributed by atoms with Crippen LogP contribution >= 0.6 is 0 Å². The SMILES string of the molecule is Cc1cnc(CN(CCC#N)CC(C)C)c(C)c1[N+](=O)[O-]. The summed E-state index contributed by atoms with van der Waals surface area (Å²) in [7, 11) is 0. The molecule has 0 aliphatic carbocycles. The number of nitrogens with zero attached hydrogens (tertiary/aromatic N) is 4. The fourth-order valence-electron chi connectivity index (χ4n) is 2.38. The van der Waals surface area contributed by atoms with Gasteiger partial charge in [0.05, 0.1) is 16.7 Å². The highest BCUT2D eigenvalue weighted by Crippen LogP contribution is 2.25. The first kappa shape index (κ1) is 17.1. The molecule has 0 aromatic carbocycles. The van der Waals surface area contributed by atoms with E-state index in [1.807, 2.05) is 0 Å². The van der Waals surface area contributed by atoms with Gasteiger partial charge < -0.3 is 0 Å². The third-order valence-electron chi connectivity index (χ3n) is 3.29. The Bertz CT molecular complexity index is 549. The van der Waals surface area contributed by atoms with Gasteiger partial charge in [0.2, 0.25) is 0 Å². The molecule has 0 aliphatic rings. The number of hydrogen-bond acceptors (Lipinski definition) is 5. The average molecular weight is 290 g/mol. The zero-order valence-corrected chi connectivity index (χ0v) is 13.1. The number of hydrogen-bond donors (Lipinski definition) is 0. The highest BCUT2D eigenvalue weighted by atomic mass is 16.6. The molecule has 0 unspecified atom stereocenters. The normalized spacial score (nSPS) is 10.9. The van der Waals surface area contributed by atoms with Gasteiger partial charge in [-0.3, -0.25) is 20.0 Å². The Balaban J connectivity index is 3.01. The predicted octanol–water partition coefficient (Wildman–Crippen LogP) is 2.98. The standard InChI is InChI=1S/C15H22N4O2/c1-11(2)9-18(7-5-6-16)10-14-13(4)15(19(20)21)12(3)8-17-14/h8,11H,5,7,9-10H2,1-4H3. The van der Waals surface area contributed by atoms with Gasteiger partial charge >= 0.3 is 0 Å². The van der Waals surface area contributed by atoms with E-state index < -0.39 is 0 Å². The summed E-state index contributed by atoms with van der Waals surface area (Å²) < 4.78 is 0. The summed E-state index contributed by atoms with van der Waals surface area (Å²) in [6.45, 7) is 9.68. The van der Waals surface area contributed by atoms with Crippen molar-refractivity contribution in [1.82, 2.24) is 9.88 Å². The zero-order valence-electron chi connectivity index (χ0n) is 13.1. The van der Waals surface area contributed by atoms with Crippen molar-refractivity contribution in [2.45, 2.75) is 40.7 Å². The number of pyridine rings is 1. The van der Waals surface area contributed by atoms with E-state index in [0.717, 1.165) is 6.54 Å². The van der Waals surface area contributed by atoms with Gasteiger partial charge in [-0.15, -0.1) is 0 Å². The Hall–Kier alpha value is -2.00. The van der Waals surface area contributed by atoms with Crippen molar-refractivity contribution in [3.8, 4) is 6.07 Å². The van der Waals surface area contributed by atoms with Crippen molar-refractivity contribution >= 4 is 5.69 Å². The molecule has 0 fully saturated rings. The molecule has 0 aliphatic heterocycles. The second kappa shape index (κ2) is 7.70. The molecule has 1 aromatic rings. The molecule has 0 saturated heterocycles. The van der Waals surface area contributed by atoms with Crippen LogP contribution in [0.25, 0.3) is 0 Å². The van der Waals surface area contributed by atoms with Crippen LogP contribution in [0.1, 0.15) is 37.1 Å². The topological polar surface area (TPSA) is 83.1 Å². The second-order valence-corrected chi connectivity index (χ2v) is 5.66. The minimum Gasteiger partial charge on any atom is -0.296 e. The molecular formula is C15H22N4O2. The molecule has 1 rings (SSSR count). The van der Waals surface area contributed by atoms with Crippen LogP contribution in [0.15, 0.2) is 6.20 Å². The van der Waals surface area contributed by atoms with E-state index in [1.54, 1.807) is 20.0 Å². The lowest BCUT2D eigenvalue weighted by Crippen LogP contribution is -2.29. The minimum absolute atomic E-state index is 0.143. The third kappa shape index (κ3) is 4.80. The zero-order chi connectivity index (χ0) is 16.0. The molecule has 1 aromatic heterocycles. The van der Waals surface area contributed by atoms with Gasteiger partial charge in [-0.2, -0.15) is 5.26 Å². The summed E-state index contributed by atoms with van der Waals surface area (Å²) in [5, 5.41) is 19.9. The maximum absolute atomic E-state index is 11.2. The average Bonchev–Trinajstić information content (AvgIpc) is 2.38. The molecule has 114 valence electrons. The van der Waals surface area contributed by atoms with Gasteiger partial charge in [0, 0.05) is 43.4 Å². The Morgan fingerprint density at radius 2 is 2.14 bits per heavy atom. The summed E-state index contributed by atoms with van der Waals surface area (Å²) in [4.78, 5) is 17.3. The van der Waals surface area contributed by atoms with Crippen LogP contribution in [-0.4, -0.2) is 27.9 Å². The van der Waals surface area contributed by atoms with Gasteiger partial charge in [-0.25, -0.2) is 0 Å². The van der Waals surface area contributed by atoms with Gasteiger partial charge in [-0.05, 0) is 19.8 Å². The number of nitriles is 1. The van der Waals surface area contributed by atoms with Crippen molar-refractivity contribution in [3.63, 3.8) is 0 Å². The first-order valence-electron chi connectivity index (χ1n) is 7.05. The van der Waals surface area contributed by atoms with Crippen LogP contribution in [0.3, 0.4) is 0 Å². The lowest BCUT2D eigenvalue weighted by molar-refractivity contribution is -0.386. The Kier molecular flexibility index (Phi) is 6.25. The van der Waals surface area contributed by atoms with Gasteiger partial charge in [0.1, 0.15) is 0 Å². The van der Waals surface area contributed by atoms with Gasteiger partial charge in [-0.1, -0.05) is 13.8 Å². The number of nitro groups is 1. The summed E-state index contributed by atoms with van der Waals surface area (Å²) in [6, 6.07) is 2.14. The summed E-state index contributed by atoms with van der Waals surface area (Å²) in [5.74, 6) is 0.462. The first-order chi connectivity index (χ1) is 9.86. The molecule has 0 atom stereocenters. The van der Waals surface area contributed by atoms with E-state index in [0.29, 0.717) is 42.2 Å². The molecule has 21 heavy (non-hydrogen) atoms. The minimum atomic E-state index is -0.349. The highest BCUT2D eigenvalue weighted by molar-refractivity contribution is 5.47. The molecule has 0 N–H and O–H groups in total. The van der Waals surface area contributed by atoms with Gasteiger partial charge in [0.25, 0.3) is 5.69 Å². The highest BCUT2D eigenvalue weighted by Gasteiger charge is 2.20. The van der Waals surface area contributed by atoms with Crippen LogP contribution < -0.4 is 0 Å². The van der Waals surface area contributed by atoms with Crippen LogP contribution in [0, 0.1) is 41.2 Å². The molecule has 6 heteroatoms. The maximum atomic E-state index is 11.2. The molecule has 0 amide bonds. The Labute approximate surface area is 125 Å². The van der Waals surface area contributed by atoms with Crippen LogP contribution in [-0.2, 0) is 6.54 Å². The molecule has 0 spiro atoms. The maximum Gasteiger partial charge on any atom is 0.278 e. The largest absolute Gasteiger partial charge is 0.296 e. The monoisotopic (exact) mass is 290 g/mol. The number of aromatic nitrogens is 1.